The normalized spacial score (nSPS) is 14.8. The number of halogens is 2. The number of benzene rings is 2. The van der Waals surface area contributed by atoms with E-state index in [0.717, 1.165) is 5.56 Å². The number of sulfonamides is 1. The van der Waals surface area contributed by atoms with Gasteiger partial charge in [0.15, 0.2) is 0 Å². The third-order valence-corrected chi connectivity index (χ3v) is 9.06. The van der Waals surface area contributed by atoms with Crippen LogP contribution in [0.5, 0.6) is 0 Å². The van der Waals surface area contributed by atoms with E-state index in [0.29, 0.717) is 27.1 Å². The third-order valence-electron chi connectivity index (χ3n) is 6.52. The summed E-state index contributed by atoms with van der Waals surface area (Å²) in [5.74, 6) is -0.470. The topological polar surface area (TPSA) is 97.1 Å². The number of methoxy groups -OCH3 is 1. The molecule has 41 heavy (non-hydrogen) atoms. The van der Waals surface area contributed by atoms with Crippen LogP contribution in [-0.4, -0.2) is 43.2 Å². The molecule has 0 bridgehead atoms. The molecule has 0 saturated carbocycles. The van der Waals surface area contributed by atoms with Gasteiger partial charge in [0.2, 0.25) is 10.0 Å². The molecular weight excluding hydrogens is 587 g/mol. The number of aryl methyl sites for hydroxylation is 1. The van der Waals surface area contributed by atoms with Crippen molar-refractivity contribution in [2.75, 3.05) is 13.7 Å². The largest absolute Gasteiger partial charge is 0.465 e. The number of carbonyl (C=O) groups excluding carboxylic acids is 2. The minimum Gasteiger partial charge on any atom is -0.465 e. The van der Waals surface area contributed by atoms with E-state index in [-0.39, 0.29) is 41.4 Å². The molecule has 0 atom stereocenters. The molecule has 214 valence electrons. The van der Waals surface area contributed by atoms with Crippen LogP contribution >= 0.6 is 23.2 Å². The lowest BCUT2D eigenvalue weighted by Crippen LogP contribution is -2.30. The highest BCUT2D eigenvalue weighted by atomic mass is 35.5. The molecule has 11 heteroatoms. The number of ether oxygens (including phenoxy) is 1. The highest BCUT2D eigenvalue weighted by Crippen LogP contribution is 2.32. The van der Waals surface area contributed by atoms with Gasteiger partial charge in [0.1, 0.15) is 11.5 Å². The summed E-state index contributed by atoms with van der Waals surface area (Å²) in [7, 11) is -2.72. The predicted molar refractivity (Wildman–Crippen MR) is 157 cm³/mol. The van der Waals surface area contributed by atoms with Gasteiger partial charge >= 0.3 is 5.97 Å². The van der Waals surface area contributed by atoms with Crippen molar-refractivity contribution < 1.29 is 27.2 Å². The van der Waals surface area contributed by atoms with Gasteiger partial charge in [-0.2, -0.15) is 4.31 Å². The van der Waals surface area contributed by atoms with Crippen molar-refractivity contribution >= 4 is 51.2 Å². The number of nitrogens with zero attached hydrogens (tertiary/aromatic N) is 2. The van der Waals surface area contributed by atoms with Crippen LogP contribution < -0.4 is 0 Å². The third kappa shape index (κ3) is 6.49. The summed E-state index contributed by atoms with van der Waals surface area (Å²) in [6, 6.07) is 14.7. The van der Waals surface area contributed by atoms with E-state index in [4.69, 9.17) is 32.4 Å². The van der Waals surface area contributed by atoms with Crippen LogP contribution in [0.4, 0.5) is 0 Å². The first kappa shape index (κ1) is 30.3. The van der Waals surface area contributed by atoms with E-state index in [1.165, 1.54) is 22.4 Å². The summed E-state index contributed by atoms with van der Waals surface area (Å²) in [6.07, 6.45) is 3.00. The maximum Gasteiger partial charge on any atom is 0.340 e. The van der Waals surface area contributed by atoms with Crippen LogP contribution in [0.15, 0.2) is 93.4 Å². The zero-order valence-electron chi connectivity index (χ0n) is 22.7. The average Bonchev–Trinajstić information content (AvgIpc) is 3.48. The number of hydrogen-bond donors (Lipinski definition) is 0. The van der Waals surface area contributed by atoms with Gasteiger partial charge in [-0.1, -0.05) is 53.0 Å². The quantitative estimate of drug-likeness (QED) is 0.154. The summed E-state index contributed by atoms with van der Waals surface area (Å²) in [5.41, 5.74) is 2.23. The second-order valence-electron chi connectivity index (χ2n) is 9.35. The Morgan fingerprint density at radius 2 is 1.76 bits per heavy atom. The fourth-order valence-electron chi connectivity index (χ4n) is 4.38. The molecule has 1 aromatic heterocycles. The highest BCUT2D eigenvalue weighted by Gasteiger charge is 2.36. The predicted octanol–water partition coefficient (Wildman–Crippen LogP) is 6.14. The molecule has 0 aliphatic carbocycles. The van der Waals surface area contributed by atoms with E-state index in [9.17, 15) is 18.0 Å². The molecule has 0 unspecified atom stereocenters. The van der Waals surface area contributed by atoms with Crippen LogP contribution in [0.2, 0.25) is 10.0 Å². The van der Waals surface area contributed by atoms with E-state index < -0.39 is 21.9 Å². The Hall–Kier alpha value is -3.63. The molecule has 3 aromatic rings. The zero-order chi connectivity index (χ0) is 29.9. The zero-order valence-corrected chi connectivity index (χ0v) is 25.0. The molecule has 1 aliphatic rings. The van der Waals surface area contributed by atoms with Crippen LogP contribution in [-0.2, 0) is 37.4 Å². The van der Waals surface area contributed by atoms with Crippen LogP contribution in [0, 0.1) is 6.92 Å². The Labute approximate surface area is 249 Å². The van der Waals surface area contributed by atoms with Gasteiger partial charge in [0.05, 0.1) is 39.7 Å². The molecule has 8 nitrogen and oxygen atoms in total. The first-order valence-electron chi connectivity index (χ1n) is 12.5. The number of allylic oxidation sites excluding steroid dienone is 1. The first-order chi connectivity index (χ1) is 19.5. The van der Waals surface area contributed by atoms with Crippen molar-refractivity contribution in [3.63, 3.8) is 0 Å². The van der Waals surface area contributed by atoms with E-state index in [2.05, 4.69) is 6.58 Å². The second-order valence-corrected chi connectivity index (χ2v) is 12.1. The lowest BCUT2D eigenvalue weighted by atomic mass is 10.1. The lowest BCUT2D eigenvalue weighted by Gasteiger charge is -2.22. The van der Waals surface area contributed by atoms with E-state index in [1.54, 1.807) is 67.6 Å². The molecule has 0 N–H and O–H groups in total. The van der Waals surface area contributed by atoms with Gasteiger partial charge in [0, 0.05) is 18.8 Å². The lowest BCUT2D eigenvalue weighted by molar-refractivity contribution is -0.136. The fourth-order valence-corrected chi connectivity index (χ4v) is 6.09. The second kappa shape index (κ2) is 12.5. The molecular formula is C30H28Cl2N2O6S. The average molecular weight is 616 g/mol. The van der Waals surface area contributed by atoms with Crippen molar-refractivity contribution in [3.8, 4) is 0 Å². The summed E-state index contributed by atoms with van der Waals surface area (Å²) < 4.78 is 39.5. The Kier molecular flexibility index (Phi) is 9.24. The Morgan fingerprint density at radius 1 is 1.05 bits per heavy atom. The molecule has 1 aliphatic heterocycles. The number of amides is 1. The molecule has 4 rings (SSSR count). The summed E-state index contributed by atoms with van der Waals surface area (Å²) in [6.45, 7) is 7.29. The van der Waals surface area contributed by atoms with E-state index >= 15 is 0 Å². The maximum atomic E-state index is 13.7. The van der Waals surface area contributed by atoms with Gasteiger partial charge in [-0.25, -0.2) is 13.2 Å². The van der Waals surface area contributed by atoms with Crippen LogP contribution in [0.3, 0.4) is 0 Å². The molecule has 0 saturated heterocycles. The highest BCUT2D eigenvalue weighted by molar-refractivity contribution is 7.89. The maximum absolute atomic E-state index is 13.7. The van der Waals surface area contributed by atoms with Crippen LogP contribution in [0.25, 0.3) is 6.08 Å². The summed E-state index contributed by atoms with van der Waals surface area (Å²) in [5, 5.41) is 0.663. The molecule has 2 heterocycles. The minimum absolute atomic E-state index is 0.00631. The molecule has 1 amide bonds. The molecule has 0 radical (unpaired) electrons. The summed E-state index contributed by atoms with van der Waals surface area (Å²) in [4.78, 5) is 27.2. The number of esters is 1. The van der Waals surface area contributed by atoms with Crippen molar-refractivity contribution in [3.05, 3.63) is 117 Å². The standard InChI is InChI=1S/C30H28Cl2N2O6S/c1-5-14-34-20(3)28(30(36)39-4)25(29(34)35)16-22-9-10-23(40-22)18-33(17-21-8-13-26(31)27(32)15-21)41(37,38)24-11-6-19(2)7-12-24/h5-13,15-16H,1,14,17-18H2,2-4H3/b25-16+. The van der Waals surface area contributed by atoms with Crippen molar-refractivity contribution in [1.29, 1.82) is 0 Å². The van der Waals surface area contributed by atoms with Crippen LogP contribution in [0.1, 0.15) is 29.6 Å². The van der Waals surface area contributed by atoms with Gasteiger partial charge in [-0.15, -0.1) is 6.58 Å². The number of furan rings is 1. The Balaban J connectivity index is 1.69. The fraction of sp³-hybridized carbons (Fsp3) is 0.200. The SMILES string of the molecule is C=CCN1C(=O)/C(=C/c2ccc(CN(Cc3ccc(Cl)c(Cl)c3)S(=O)(=O)c3ccc(C)cc3)o2)C(C(=O)OC)=C1C. The van der Waals surface area contributed by atoms with Gasteiger partial charge in [-0.3, -0.25) is 4.79 Å². The summed E-state index contributed by atoms with van der Waals surface area (Å²) >= 11 is 12.2. The van der Waals surface area contributed by atoms with Gasteiger partial charge < -0.3 is 14.1 Å². The van der Waals surface area contributed by atoms with Crippen molar-refractivity contribution in [2.45, 2.75) is 31.8 Å². The first-order valence-corrected chi connectivity index (χ1v) is 14.7. The Morgan fingerprint density at radius 3 is 2.39 bits per heavy atom. The Bertz CT molecular complexity index is 1670. The van der Waals surface area contributed by atoms with Crippen molar-refractivity contribution in [1.82, 2.24) is 9.21 Å². The molecule has 0 spiro atoms. The van der Waals surface area contributed by atoms with Crippen molar-refractivity contribution in [2.24, 2.45) is 0 Å². The smallest absolute Gasteiger partial charge is 0.340 e. The monoisotopic (exact) mass is 614 g/mol. The molecule has 2 aromatic carbocycles. The molecule has 0 fully saturated rings. The number of carbonyl (C=O) groups is 2. The number of rotatable bonds is 10. The minimum atomic E-state index is -3.96. The number of hydrogen-bond acceptors (Lipinski definition) is 6. The van der Waals surface area contributed by atoms with Gasteiger partial charge in [0.25, 0.3) is 5.91 Å². The van der Waals surface area contributed by atoms with Gasteiger partial charge in [-0.05, 0) is 61.9 Å². The van der Waals surface area contributed by atoms with E-state index in [1.807, 2.05) is 6.92 Å².